The van der Waals surface area contributed by atoms with E-state index in [-0.39, 0.29) is 40.5 Å². The van der Waals surface area contributed by atoms with Gasteiger partial charge in [0.05, 0.1) is 15.6 Å². The number of rotatable bonds is 12. The number of sulfonamides is 1. The van der Waals surface area contributed by atoms with Crippen molar-refractivity contribution in [1.29, 1.82) is 0 Å². The molecule has 5 rings (SSSR count). The molecule has 1 aliphatic rings. The van der Waals surface area contributed by atoms with Crippen molar-refractivity contribution in [2.75, 3.05) is 10.8 Å². The summed E-state index contributed by atoms with van der Waals surface area (Å²) in [4.78, 5) is 30.4. The minimum absolute atomic E-state index is 0.0380. The lowest BCUT2D eigenvalue weighted by molar-refractivity contribution is -0.140. The molecule has 0 spiro atoms. The molecule has 46 heavy (non-hydrogen) atoms. The summed E-state index contributed by atoms with van der Waals surface area (Å²) in [5.41, 5.74) is 3.81. The monoisotopic (exact) mass is 657 g/mol. The van der Waals surface area contributed by atoms with E-state index in [0.717, 1.165) is 52.2 Å². The second-order valence-corrected chi connectivity index (χ2v) is 14.2. The molecule has 1 atom stereocenters. The number of nitrogens with one attached hydrogen (secondary N) is 1. The maximum absolute atomic E-state index is 14.7. The molecule has 1 saturated carbocycles. The highest BCUT2D eigenvalue weighted by atomic mass is 35.5. The first kappa shape index (κ1) is 33.2. The molecule has 2 amide bonds. The van der Waals surface area contributed by atoms with Gasteiger partial charge in [-0.3, -0.25) is 13.9 Å². The summed E-state index contributed by atoms with van der Waals surface area (Å²) in [5.74, 6) is -0.760. The van der Waals surface area contributed by atoms with E-state index >= 15 is 0 Å². The van der Waals surface area contributed by atoms with Gasteiger partial charge in [-0.15, -0.1) is 0 Å². The number of halogens is 1. The number of carbonyl (C=O) groups excluding carboxylic acids is 2. The molecule has 240 valence electrons. The highest BCUT2D eigenvalue weighted by molar-refractivity contribution is 7.92. The molecule has 0 bridgehead atoms. The summed E-state index contributed by atoms with van der Waals surface area (Å²) in [6.45, 7) is 3.41. The van der Waals surface area contributed by atoms with Gasteiger partial charge in [-0.2, -0.15) is 0 Å². The van der Waals surface area contributed by atoms with Crippen molar-refractivity contribution >= 4 is 39.1 Å². The minimum atomic E-state index is -4.23. The zero-order valence-electron chi connectivity index (χ0n) is 26.2. The standard InChI is InChI=1S/C37H40ClN3O4S/c1-27-20-22-32(23-21-27)46(44,45)41(34-19-11-10-18-33(34)38)26-36(42)40(25-30-15-7-6-12-28(30)2)35(24-29-13-4-3-5-14-29)37(43)39-31-16-8-9-17-31/h3-7,10-15,18-23,31,35H,8-9,16-17,24-26H2,1-2H3,(H,39,43)/t35-/m0/s1. The molecule has 1 N–H and O–H groups in total. The van der Waals surface area contributed by atoms with Crippen LogP contribution in [0.25, 0.3) is 0 Å². The van der Waals surface area contributed by atoms with Gasteiger partial charge in [-0.05, 0) is 67.6 Å². The Morgan fingerprint density at radius 3 is 2.15 bits per heavy atom. The van der Waals surface area contributed by atoms with E-state index in [1.807, 2.05) is 68.4 Å². The van der Waals surface area contributed by atoms with E-state index in [2.05, 4.69) is 5.32 Å². The predicted octanol–water partition coefficient (Wildman–Crippen LogP) is 6.85. The first-order chi connectivity index (χ1) is 22.1. The minimum Gasteiger partial charge on any atom is -0.352 e. The van der Waals surface area contributed by atoms with E-state index in [1.54, 1.807) is 36.4 Å². The van der Waals surface area contributed by atoms with Gasteiger partial charge in [0, 0.05) is 19.0 Å². The van der Waals surface area contributed by atoms with Crippen LogP contribution in [0, 0.1) is 13.8 Å². The molecule has 0 radical (unpaired) electrons. The Morgan fingerprint density at radius 1 is 0.848 bits per heavy atom. The average molecular weight is 658 g/mol. The summed E-state index contributed by atoms with van der Waals surface area (Å²) in [5, 5.41) is 3.40. The first-order valence-electron chi connectivity index (χ1n) is 15.7. The fourth-order valence-electron chi connectivity index (χ4n) is 5.90. The number of anilines is 1. The molecule has 1 aliphatic carbocycles. The molecule has 1 fully saturated rings. The summed E-state index contributed by atoms with van der Waals surface area (Å²) < 4.78 is 29.5. The Labute approximate surface area is 277 Å². The smallest absolute Gasteiger partial charge is 0.264 e. The van der Waals surface area contributed by atoms with Crippen LogP contribution in [0.2, 0.25) is 5.02 Å². The van der Waals surface area contributed by atoms with Crippen LogP contribution in [0.3, 0.4) is 0 Å². The van der Waals surface area contributed by atoms with Crippen molar-refractivity contribution in [2.45, 2.75) is 69.5 Å². The lowest BCUT2D eigenvalue weighted by Crippen LogP contribution is -2.54. The SMILES string of the molecule is Cc1ccc(S(=O)(=O)N(CC(=O)N(Cc2ccccc2C)[C@@H](Cc2ccccc2)C(=O)NC2CCCC2)c2ccccc2Cl)cc1. The van der Waals surface area contributed by atoms with Crippen molar-refractivity contribution in [1.82, 2.24) is 10.2 Å². The van der Waals surface area contributed by atoms with Crippen molar-refractivity contribution in [3.63, 3.8) is 0 Å². The lowest BCUT2D eigenvalue weighted by Gasteiger charge is -2.34. The second-order valence-electron chi connectivity index (χ2n) is 11.9. The lowest BCUT2D eigenvalue weighted by atomic mass is 10.0. The molecule has 7 nitrogen and oxygen atoms in total. The molecule has 9 heteroatoms. The molecule has 0 heterocycles. The maximum Gasteiger partial charge on any atom is 0.264 e. The van der Waals surface area contributed by atoms with Crippen molar-refractivity contribution < 1.29 is 18.0 Å². The molecular formula is C37H40ClN3O4S. The number of para-hydroxylation sites is 1. The molecule has 0 saturated heterocycles. The van der Waals surface area contributed by atoms with Crippen LogP contribution in [0.1, 0.15) is 47.9 Å². The van der Waals surface area contributed by atoms with Crippen LogP contribution in [-0.4, -0.2) is 43.8 Å². The molecule has 0 aromatic heterocycles. The Hall–Kier alpha value is -4.14. The molecule has 0 aliphatic heterocycles. The van der Waals surface area contributed by atoms with Gasteiger partial charge < -0.3 is 10.2 Å². The Bertz CT molecular complexity index is 1760. The van der Waals surface area contributed by atoms with Gasteiger partial charge in [0.15, 0.2) is 0 Å². The fourth-order valence-corrected chi connectivity index (χ4v) is 7.62. The Morgan fingerprint density at radius 2 is 1.48 bits per heavy atom. The van der Waals surface area contributed by atoms with Crippen LogP contribution in [0.15, 0.2) is 108 Å². The van der Waals surface area contributed by atoms with Crippen LogP contribution in [0.5, 0.6) is 0 Å². The zero-order valence-corrected chi connectivity index (χ0v) is 27.8. The molecule has 4 aromatic rings. The number of aryl methyl sites for hydroxylation is 2. The molecular weight excluding hydrogens is 618 g/mol. The van der Waals surface area contributed by atoms with E-state index < -0.39 is 28.5 Å². The van der Waals surface area contributed by atoms with E-state index in [4.69, 9.17) is 11.6 Å². The predicted molar refractivity (Wildman–Crippen MR) is 183 cm³/mol. The van der Waals surface area contributed by atoms with Crippen molar-refractivity contribution in [3.05, 3.63) is 130 Å². The third-order valence-corrected chi connectivity index (χ3v) is 10.7. The van der Waals surface area contributed by atoms with Gasteiger partial charge >= 0.3 is 0 Å². The van der Waals surface area contributed by atoms with Crippen molar-refractivity contribution in [3.8, 4) is 0 Å². The van der Waals surface area contributed by atoms with Crippen LogP contribution in [0.4, 0.5) is 5.69 Å². The van der Waals surface area contributed by atoms with E-state index in [9.17, 15) is 18.0 Å². The summed E-state index contributed by atoms with van der Waals surface area (Å²) in [6.07, 6.45) is 4.15. The van der Waals surface area contributed by atoms with Gasteiger partial charge in [0.1, 0.15) is 12.6 Å². The number of amides is 2. The van der Waals surface area contributed by atoms with Gasteiger partial charge in [0.2, 0.25) is 11.8 Å². The van der Waals surface area contributed by atoms with Gasteiger partial charge in [0.25, 0.3) is 10.0 Å². The zero-order chi connectivity index (χ0) is 32.7. The third kappa shape index (κ3) is 7.98. The number of nitrogens with zero attached hydrogens (tertiary/aromatic N) is 2. The number of carbonyl (C=O) groups is 2. The van der Waals surface area contributed by atoms with Crippen LogP contribution >= 0.6 is 11.6 Å². The topological polar surface area (TPSA) is 86.8 Å². The van der Waals surface area contributed by atoms with Gasteiger partial charge in [-0.1, -0.05) is 109 Å². The average Bonchev–Trinajstić information content (AvgIpc) is 3.56. The highest BCUT2D eigenvalue weighted by Gasteiger charge is 2.36. The Kier molecular flexibility index (Phi) is 10.8. The van der Waals surface area contributed by atoms with Gasteiger partial charge in [-0.25, -0.2) is 8.42 Å². The Balaban J connectivity index is 1.58. The molecule has 0 unspecified atom stereocenters. The van der Waals surface area contributed by atoms with Crippen LogP contribution in [-0.2, 0) is 32.6 Å². The summed E-state index contributed by atoms with van der Waals surface area (Å²) >= 11 is 6.57. The summed E-state index contributed by atoms with van der Waals surface area (Å²) in [7, 11) is -4.23. The highest BCUT2D eigenvalue weighted by Crippen LogP contribution is 2.31. The normalized spacial score (nSPS) is 14.1. The quantitative estimate of drug-likeness (QED) is 0.181. The first-order valence-corrected chi connectivity index (χ1v) is 17.5. The maximum atomic E-state index is 14.7. The number of hydrogen-bond donors (Lipinski definition) is 1. The fraction of sp³-hybridized carbons (Fsp3) is 0.297. The summed E-state index contributed by atoms with van der Waals surface area (Å²) in [6, 6.07) is 29.5. The van der Waals surface area contributed by atoms with Crippen LogP contribution < -0.4 is 9.62 Å². The largest absolute Gasteiger partial charge is 0.352 e. The third-order valence-electron chi connectivity index (χ3n) is 8.58. The van der Waals surface area contributed by atoms with E-state index in [0.29, 0.717) is 0 Å². The number of benzene rings is 4. The van der Waals surface area contributed by atoms with E-state index in [1.165, 1.54) is 17.0 Å². The molecule has 4 aromatic carbocycles. The number of hydrogen-bond acceptors (Lipinski definition) is 4. The van der Waals surface area contributed by atoms with Crippen molar-refractivity contribution in [2.24, 2.45) is 0 Å². The second kappa shape index (κ2) is 15.0.